The normalized spacial score (nSPS) is 14.8. The Morgan fingerprint density at radius 2 is 1.75 bits per heavy atom. The molecule has 1 aromatic carbocycles. The fourth-order valence-electron chi connectivity index (χ4n) is 3.10. The predicted octanol–water partition coefficient (Wildman–Crippen LogP) is 4.18. The maximum Gasteiger partial charge on any atom is 0.417 e. The summed E-state index contributed by atoms with van der Waals surface area (Å²) < 4.78 is 50.1. The van der Waals surface area contributed by atoms with E-state index in [1.807, 2.05) is 0 Å². The second kappa shape index (κ2) is 9.16. The van der Waals surface area contributed by atoms with Crippen molar-refractivity contribution in [3.63, 3.8) is 0 Å². The Labute approximate surface area is 181 Å². The van der Waals surface area contributed by atoms with Crippen LogP contribution in [0.25, 0.3) is 0 Å². The standard InChI is InChI=1S/C21H19F3N4O4/c22-21(23,24)15-1-6-19(26-13-15)30-16-2-4-17(5-3-16)31-20(29)27-10-7-18(8-11-27)32-28-12-9-25-14-28/h1-6,9,12-14,18H,7-8,10-11H2. The topological polar surface area (TPSA) is 78.7 Å². The van der Waals surface area contributed by atoms with Gasteiger partial charge in [0.25, 0.3) is 0 Å². The first-order chi connectivity index (χ1) is 15.4. The maximum absolute atomic E-state index is 12.6. The molecule has 0 unspecified atom stereocenters. The van der Waals surface area contributed by atoms with E-state index in [9.17, 15) is 18.0 Å². The highest BCUT2D eigenvalue weighted by atomic mass is 19.4. The van der Waals surface area contributed by atoms with Crippen molar-refractivity contribution in [3.05, 3.63) is 66.9 Å². The number of nitrogens with zero attached hydrogens (tertiary/aromatic N) is 4. The number of alkyl halides is 3. The van der Waals surface area contributed by atoms with E-state index in [1.165, 1.54) is 24.3 Å². The number of halogens is 3. The summed E-state index contributed by atoms with van der Waals surface area (Å²) in [7, 11) is 0. The van der Waals surface area contributed by atoms with Crippen molar-refractivity contribution in [1.29, 1.82) is 0 Å². The molecule has 1 fully saturated rings. The number of likely N-dealkylation sites (tertiary alicyclic amines) is 1. The number of ether oxygens (including phenoxy) is 2. The lowest BCUT2D eigenvalue weighted by Gasteiger charge is -2.31. The Morgan fingerprint density at radius 3 is 2.34 bits per heavy atom. The summed E-state index contributed by atoms with van der Waals surface area (Å²) >= 11 is 0. The molecule has 1 aliphatic heterocycles. The van der Waals surface area contributed by atoms with Crippen LogP contribution in [0.2, 0.25) is 0 Å². The molecule has 0 N–H and O–H groups in total. The summed E-state index contributed by atoms with van der Waals surface area (Å²) in [6.45, 7) is 0.998. The van der Waals surface area contributed by atoms with Gasteiger partial charge >= 0.3 is 12.3 Å². The van der Waals surface area contributed by atoms with Crippen molar-refractivity contribution in [3.8, 4) is 17.4 Å². The van der Waals surface area contributed by atoms with E-state index in [1.54, 1.807) is 28.4 Å². The van der Waals surface area contributed by atoms with Crippen molar-refractivity contribution in [1.82, 2.24) is 19.6 Å². The van der Waals surface area contributed by atoms with Crippen LogP contribution < -0.4 is 14.3 Å². The molecule has 0 spiro atoms. The lowest BCUT2D eigenvalue weighted by Crippen LogP contribution is -2.44. The Morgan fingerprint density at radius 1 is 1.03 bits per heavy atom. The Bertz CT molecular complexity index is 1020. The second-order valence-corrected chi connectivity index (χ2v) is 7.04. The molecule has 8 nitrogen and oxygen atoms in total. The molecule has 0 aliphatic carbocycles. The molecule has 0 saturated carbocycles. The molecular formula is C21H19F3N4O4. The van der Waals surface area contributed by atoms with Crippen molar-refractivity contribution < 1.29 is 32.3 Å². The van der Waals surface area contributed by atoms with E-state index >= 15 is 0 Å². The first-order valence-corrected chi connectivity index (χ1v) is 9.80. The van der Waals surface area contributed by atoms with Crippen LogP contribution in [0.3, 0.4) is 0 Å². The fourth-order valence-corrected chi connectivity index (χ4v) is 3.10. The van der Waals surface area contributed by atoms with Gasteiger partial charge in [0.1, 0.15) is 23.9 Å². The van der Waals surface area contributed by atoms with E-state index in [4.69, 9.17) is 14.3 Å². The minimum atomic E-state index is -4.46. The van der Waals surface area contributed by atoms with E-state index in [2.05, 4.69) is 9.97 Å². The lowest BCUT2D eigenvalue weighted by molar-refractivity contribution is -0.137. The zero-order chi connectivity index (χ0) is 22.6. The average molecular weight is 448 g/mol. The van der Waals surface area contributed by atoms with Gasteiger partial charge in [0.05, 0.1) is 11.8 Å². The van der Waals surface area contributed by atoms with Crippen LogP contribution in [0.15, 0.2) is 61.3 Å². The molecule has 11 heteroatoms. The molecule has 4 rings (SSSR count). The molecule has 0 atom stereocenters. The molecule has 168 valence electrons. The molecule has 3 heterocycles. The van der Waals surface area contributed by atoms with Gasteiger partial charge in [0.15, 0.2) is 0 Å². The third-order valence-electron chi connectivity index (χ3n) is 4.77. The molecule has 32 heavy (non-hydrogen) atoms. The summed E-state index contributed by atoms with van der Waals surface area (Å²) in [4.78, 5) is 27.3. The molecule has 1 aliphatic rings. The Kier molecular flexibility index (Phi) is 6.15. The van der Waals surface area contributed by atoms with Gasteiger partial charge in [-0.3, -0.25) is 0 Å². The number of piperidine rings is 1. The zero-order valence-corrected chi connectivity index (χ0v) is 16.7. The van der Waals surface area contributed by atoms with Crippen molar-refractivity contribution >= 4 is 6.09 Å². The minimum Gasteiger partial charge on any atom is -0.439 e. The number of pyridine rings is 1. The highest BCUT2D eigenvalue weighted by Crippen LogP contribution is 2.30. The number of hydrogen-bond donors (Lipinski definition) is 0. The van der Waals surface area contributed by atoms with Crippen molar-refractivity contribution in [2.75, 3.05) is 13.1 Å². The SMILES string of the molecule is O=C(Oc1ccc(Oc2ccc(C(F)(F)F)cn2)cc1)N1CCC(On2ccnc2)CC1. The number of benzene rings is 1. The van der Waals surface area contributed by atoms with Gasteiger partial charge in [-0.15, -0.1) is 0 Å². The summed E-state index contributed by atoms with van der Waals surface area (Å²) in [5, 5.41) is 0. The first-order valence-electron chi connectivity index (χ1n) is 9.80. The van der Waals surface area contributed by atoms with E-state index in [0.29, 0.717) is 43.6 Å². The number of carbonyl (C=O) groups is 1. The molecule has 3 aromatic rings. The van der Waals surface area contributed by atoms with Gasteiger partial charge in [0.2, 0.25) is 5.88 Å². The van der Waals surface area contributed by atoms with Gasteiger partial charge in [-0.1, -0.05) is 0 Å². The summed E-state index contributed by atoms with van der Waals surface area (Å²) in [6, 6.07) is 8.16. The monoisotopic (exact) mass is 448 g/mol. The second-order valence-electron chi connectivity index (χ2n) is 7.04. The number of rotatable bonds is 5. The van der Waals surface area contributed by atoms with Gasteiger partial charge in [0, 0.05) is 44.4 Å². The van der Waals surface area contributed by atoms with Crippen LogP contribution in [-0.2, 0) is 6.18 Å². The van der Waals surface area contributed by atoms with Crippen LogP contribution in [0.1, 0.15) is 18.4 Å². The largest absolute Gasteiger partial charge is 0.439 e. The minimum absolute atomic E-state index is 0.0107. The van der Waals surface area contributed by atoms with Crippen LogP contribution in [-0.4, -0.2) is 44.9 Å². The summed E-state index contributed by atoms with van der Waals surface area (Å²) in [5.41, 5.74) is -0.857. The third kappa shape index (κ3) is 5.48. The number of aromatic nitrogens is 3. The third-order valence-corrected chi connectivity index (χ3v) is 4.77. The summed E-state index contributed by atoms with van der Waals surface area (Å²) in [6.07, 6.45) is 2.01. The Hall–Kier alpha value is -3.76. The lowest BCUT2D eigenvalue weighted by atomic mass is 10.1. The van der Waals surface area contributed by atoms with Gasteiger partial charge in [-0.2, -0.15) is 17.9 Å². The quantitative estimate of drug-likeness (QED) is 0.583. The van der Waals surface area contributed by atoms with E-state index < -0.39 is 17.8 Å². The predicted molar refractivity (Wildman–Crippen MR) is 105 cm³/mol. The molecule has 0 bridgehead atoms. The maximum atomic E-state index is 12.6. The van der Waals surface area contributed by atoms with Crippen molar-refractivity contribution in [2.45, 2.75) is 25.1 Å². The smallest absolute Gasteiger partial charge is 0.417 e. The highest BCUT2D eigenvalue weighted by Gasteiger charge is 2.30. The number of imidazole rings is 1. The van der Waals surface area contributed by atoms with E-state index in [0.717, 1.165) is 12.1 Å². The van der Waals surface area contributed by atoms with Gasteiger partial charge < -0.3 is 19.2 Å². The zero-order valence-electron chi connectivity index (χ0n) is 16.7. The van der Waals surface area contributed by atoms with Gasteiger partial charge in [-0.05, 0) is 30.3 Å². The molecular weight excluding hydrogens is 429 g/mol. The molecule has 1 amide bonds. The fraction of sp³-hybridized carbons (Fsp3) is 0.286. The molecule has 1 saturated heterocycles. The number of hydrogen-bond acceptors (Lipinski definition) is 6. The highest BCUT2D eigenvalue weighted by molar-refractivity contribution is 5.70. The number of carbonyl (C=O) groups excluding carboxylic acids is 1. The summed E-state index contributed by atoms with van der Waals surface area (Å²) in [5.74, 6) is 0.678. The van der Waals surface area contributed by atoms with Gasteiger partial charge in [-0.25, -0.2) is 14.8 Å². The van der Waals surface area contributed by atoms with Crippen molar-refractivity contribution in [2.24, 2.45) is 0 Å². The van der Waals surface area contributed by atoms with Crippen LogP contribution in [0.4, 0.5) is 18.0 Å². The van der Waals surface area contributed by atoms with E-state index in [-0.39, 0.29) is 12.0 Å². The first kappa shape index (κ1) is 21.5. The molecule has 0 radical (unpaired) electrons. The van der Waals surface area contributed by atoms with Crippen LogP contribution in [0.5, 0.6) is 17.4 Å². The van der Waals surface area contributed by atoms with Crippen LogP contribution >= 0.6 is 0 Å². The van der Waals surface area contributed by atoms with Crippen LogP contribution in [0, 0.1) is 0 Å². The molecule has 2 aromatic heterocycles. The Balaban J connectivity index is 1.26. The average Bonchev–Trinajstić information content (AvgIpc) is 3.28. The number of amides is 1.